The van der Waals surface area contributed by atoms with E-state index in [9.17, 15) is 4.79 Å². The Morgan fingerprint density at radius 3 is 2.36 bits per heavy atom. The van der Waals surface area contributed by atoms with Gasteiger partial charge in [0.2, 0.25) is 0 Å². The van der Waals surface area contributed by atoms with Crippen LogP contribution < -0.4 is 0 Å². The molecular formula is C23H34O2. The van der Waals surface area contributed by atoms with Crippen LogP contribution >= 0.6 is 0 Å². The van der Waals surface area contributed by atoms with Crippen molar-refractivity contribution in [3.8, 4) is 0 Å². The zero-order valence-corrected chi connectivity index (χ0v) is 16.2. The summed E-state index contributed by atoms with van der Waals surface area (Å²) in [6.07, 6.45) is 10.3. The highest BCUT2D eigenvalue weighted by Gasteiger charge is 2.45. The standard InChI is InChI=1S/C23H34O2/c1-17-14-15-20(23(2,3)19-12-8-5-9-13-19)21(16-17)25-22(24)18-10-6-4-7-11-18/h4,6-7,10-11,17,19-21H,5,8-9,12-16H2,1-3H3/t17-,20-,21-/m1/s1. The fourth-order valence-corrected chi connectivity index (χ4v) is 5.24. The van der Waals surface area contributed by atoms with Crippen molar-refractivity contribution in [3.05, 3.63) is 35.9 Å². The molecule has 0 aromatic heterocycles. The third-order valence-electron chi connectivity index (χ3n) is 6.93. The molecule has 0 aliphatic heterocycles. The summed E-state index contributed by atoms with van der Waals surface area (Å²) in [4.78, 5) is 12.6. The molecule has 0 heterocycles. The smallest absolute Gasteiger partial charge is 0.338 e. The second-order valence-electron chi connectivity index (χ2n) is 8.99. The Balaban J connectivity index is 1.75. The van der Waals surface area contributed by atoms with Crippen molar-refractivity contribution < 1.29 is 9.53 Å². The lowest BCUT2D eigenvalue weighted by Gasteiger charge is -2.48. The van der Waals surface area contributed by atoms with E-state index in [4.69, 9.17) is 4.74 Å². The molecule has 0 bridgehead atoms. The number of hydrogen-bond acceptors (Lipinski definition) is 2. The van der Waals surface area contributed by atoms with Crippen LogP contribution in [0.25, 0.3) is 0 Å². The van der Waals surface area contributed by atoms with Gasteiger partial charge in [-0.05, 0) is 55.1 Å². The van der Waals surface area contributed by atoms with E-state index in [0.29, 0.717) is 17.4 Å². The number of benzene rings is 1. The van der Waals surface area contributed by atoms with Crippen LogP contribution in [0.2, 0.25) is 0 Å². The van der Waals surface area contributed by atoms with Gasteiger partial charge in [-0.1, -0.05) is 64.7 Å². The van der Waals surface area contributed by atoms with E-state index in [2.05, 4.69) is 20.8 Å². The lowest BCUT2D eigenvalue weighted by molar-refractivity contribution is -0.0611. The molecule has 2 saturated carbocycles. The Morgan fingerprint density at radius 2 is 1.68 bits per heavy atom. The highest BCUT2D eigenvalue weighted by Crippen LogP contribution is 2.50. The largest absolute Gasteiger partial charge is 0.458 e. The van der Waals surface area contributed by atoms with Crippen LogP contribution in [0, 0.1) is 23.2 Å². The van der Waals surface area contributed by atoms with Crippen LogP contribution in [0.5, 0.6) is 0 Å². The summed E-state index contributed by atoms with van der Waals surface area (Å²) < 4.78 is 6.10. The number of carbonyl (C=O) groups is 1. The molecule has 2 aliphatic rings. The molecule has 0 N–H and O–H groups in total. The van der Waals surface area contributed by atoms with E-state index in [1.54, 1.807) is 0 Å². The van der Waals surface area contributed by atoms with Crippen molar-refractivity contribution in [1.82, 2.24) is 0 Å². The summed E-state index contributed by atoms with van der Waals surface area (Å²) in [6, 6.07) is 9.47. The van der Waals surface area contributed by atoms with Gasteiger partial charge < -0.3 is 4.74 Å². The van der Waals surface area contributed by atoms with Crippen molar-refractivity contribution in [1.29, 1.82) is 0 Å². The molecule has 2 aliphatic carbocycles. The molecule has 0 radical (unpaired) electrons. The summed E-state index contributed by atoms with van der Waals surface area (Å²) in [7, 11) is 0. The SMILES string of the molecule is C[C@@H]1CC[C@@H](C(C)(C)C2CCCCC2)[C@H](OC(=O)c2ccccc2)C1. The van der Waals surface area contributed by atoms with Crippen LogP contribution in [0.4, 0.5) is 0 Å². The Hall–Kier alpha value is -1.31. The maximum atomic E-state index is 12.6. The lowest BCUT2D eigenvalue weighted by Crippen LogP contribution is -2.45. The average molecular weight is 343 g/mol. The van der Waals surface area contributed by atoms with Crippen LogP contribution in [0.3, 0.4) is 0 Å². The minimum atomic E-state index is -0.149. The fourth-order valence-electron chi connectivity index (χ4n) is 5.24. The summed E-state index contributed by atoms with van der Waals surface area (Å²) in [5, 5.41) is 0. The molecule has 2 nitrogen and oxygen atoms in total. The molecule has 0 saturated heterocycles. The number of hydrogen-bond donors (Lipinski definition) is 0. The molecule has 0 spiro atoms. The van der Waals surface area contributed by atoms with E-state index >= 15 is 0 Å². The first-order valence-corrected chi connectivity index (χ1v) is 10.2. The normalized spacial score (nSPS) is 28.5. The molecule has 3 rings (SSSR count). The van der Waals surface area contributed by atoms with E-state index in [1.165, 1.54) is 44.9 Å². The van der Waals surface area contributed by atoms with Crippen LogP contribution in [0.1, 0.15) is 82.5 Å². The van der Waals surface area contributed by atoms with Crippen LogP contribution in [-0.4, -0.2) is 12.1 Å². The number of rotatable bonds is 4. The zero-order chi connectivity index (χ0) is 17.9. The molecule has 0 amide bonds. The molecule has 2 fully saturated rings. The van der Waals surface area contributed by atoms with Gasteiger partial charge in [0.05, 0.1) is 5.56 Å². The Morgan fingerprint density at radius 1 is 1.00 bits per heavy atom. The molecule has 1 aromatic carbocycles. The Kier molecular flexibility index (Phi) is 5.86. The topological polar surface area (TPSA) is 26.3 Å². The molecule has 1 aromatic rings. The number of carbonyl (C=O) groups excluding carboxylic acids is 1. The predicted molar refractivity (Wildman–Crippen MR) is 103 cm³/mol. The first-order valence-electron chi connectivity index (χ1n) is 10.2. The van der Waals surface area contributed by atoms with Gasteiger partial charge in [-0.2, -0.15) is 0 Å². The molecule has 138 valence electrons. The average Bonchev–Trinajstić information content (AvgIpc) is 2.63. The van der Waals surface area contributed by atoms with Crippen molar-refractivity contribution in [3.63, 3.8) is 0 Å². The predicted octanol–water partition coefficient (Wildman–Crippen LogP) is 6.25. The van der Waals surface area contributed by atoms with Gasteiger partial charge in [0.15, 0.2) is 0 Å². The highest BCUT2D eigenvalue weighted by molar-refractivity contribution is 5.89. The van der Waals surface area contributed by atoms with E-state index < -0.39 is 0 Å². The quantitative estimate of drug-likeness (QED) is 0.604. The third-order valence-corrected chi connectivity index (χ3v) is 6.93. The lowest BCUT2D eigenvalue weighted by atomic mass is 9.59. The molecule has 3 atom stereocenters. The first kappa shape index (κ1) is 18.5. The summed E-state index contributed by atoms with van der Waals surface area (Å²) in [6.45, 7) is 7.17. The van der Waals surface area contributed by atoms with Gasteiger partial charge >= 0.3 is 5.97 Å². The minimum absolute atomic E-state index is 0.0633. The van der Waals surface area contributed by atoms with Crippen molar-refractivity contribution in [2.75, 3.05) is 0 Å². The van der Waals surface area contributed by atoms with Gasteiger partial charge in [0.25, 0.3) is 0 Å². The van der Waals surface area contributed by atoms with Gasteiger partial charge in [0.1, 0.15) is 6.10 Å². The zero-order valence-electron chi connectivity index (χ0n) is 16.2. The Bertz CT molecular complexity index is 557. The third kappa shape index (κ3) is 4.27. The monoisotopic (exact) mass is 342 g/mol. The maximum absolute atomic E-state index is 12.6. The van der Waals surface area contributed by atoms with E-state index in [1.807, 2.05) is 30.3 Å². The molecular weight excluding hydrogens is 308 g/mol. The van der Waals surface area contributed by atoms with Gasteiger partial charge in [-0.15, -0.1) is 0 Å². The van der Waals surface area contributed by atoms with Gasteiger partial charge in [-0.3, -0.25) is 0 Å². The fraction of sp³-hybridized carbons (Fsp3) is 0.696. The molecule has 25 heavy (non-hydrogen) atoms. The molecule has 0 unspecified atom stereocenters. The van der Waals surface area contributed by atoms with Crippen LogP contribution in [0.15, 0.2) is 30.3 Å². The van der Waals surface area contributed by atoms with Crippen LogP contribution in [-0.2, 0) is 4.74 Å². The number of ether oxygens (including phenoxy) is 1. The Labute approximate surface area is 153 Å². The van der Waals surface area contributed by atoms with Crippen molar-refractivity contribution >= 4 is 5.97 Å². The summed E-state index contributed by atoms with van der Waals surface area (Å²) >= 11 is 0. The van der Waals surface area contributed by atoms with Crippen molar-refractivity contribution in [2.45, 2.75) is 78.2 Å². The first-order chi connectivity index (χ1) is 12.0. The maximum Gasteiger partial charge on any atom is 0.338 e. The minimum Gasteiger partial charge on any atom is -0.458 e. The summed E-state index contributed by atoms with van der Waals surface area (Å²) in [5.41, 5.74) is 0.928. The van der Waals surface area contributed by atoms with Gasteiger partial charge in [0, 0.05) is 5.92 Å². The van der Waals surface area contributed by atoms with E-state index in [0.717, 1.165) is 12.3 Å². The van der Waals surface area contributed by atoms with Gasteiger partial charge in [-0.25, -0.2) is 4.79 Å². The second kappa shape index (κ2) is 7.93. The highest BCUT2D eigenvalue weighted by atomic mass is 16.5. The number of esters is 1. The summed E-state index contributed by atoms with van der Waals surface area (Å²) in [5.74, 6) is 1.76. The van der Waals surface area contributed by atoms with E-state index in [-0.39, 0.29) is 17.5 Å². The van der Waals surface area contributed by atoms with Crippen molar-refractivity contribution in [2.24, 2.45) is 23.2 Å². The molecule has 2 heteroatoms. The second-order valence-corrected chi connectivity index (χ2v) is 8.99.